The van der Waals surface area contributed by atoms with Gasteiger partial charge in [-0.3, -0.25) is 0 Å². The minimum Gasteiger partial charge on any atom is -0.504 e. The molecule has 4 nitrogen and oxygen atoms in total. The third-order valence-corrected chi connectivity index (χ3v) is 2.24. The molecule has 0 fully saturated rings. The van der Waals surface area contributed by atoms with E-state index in [1.54, 1.807) is 13.8 Å². The van der Waals surface area contributed by atoms with E-state index in [0.29, 0.717) is 0 Å². The fourth-order valence-corrected chi connectivity index (χ4v) is 1.55. The number of methoxy groups -OCH3 is 2. The zero-order chi connectivity index (χ0) is 12.5. The molecule has 0 heterocycles. The van der Waals surface area contributed by atoms with Crippen LogP contribution >= 0.6 is 0 Å². The van der Waals surface area contributed by atoms with Crippen molar-refractivity contribution < 1.29 is 19.0 Å². The first-order valence-electron chi connectivity index (χ1n) is 4.75. The molecular weight excluding hydrogens is 213 g/mol. The highest BCUT2D eigenvalue weighted by Gasteiger charge is 2.29. The molecule has 0 atom stereocenters. The largest absolute Gasteiger partial charge is 0.504 e. The molecule has 0 aliphatic carbocycles. The van der Waals surface area contributed by atoms with Gasteiger partial charge in [-0.25, -0.2) is 4.39 Å². The Morgan fingerprint density at radius 1 is 1.31 bits per heavy atom. The molecule has 90 valence electrons. The molecule has 0 spiro atoms. The molecule has 0 aliphatic rings. The van der Waals surface area contributed by atoms with Gasteiger partial charge >= 0.3 is 0 Å². The molecule has 0 amide bonds. The van der Waals surface area contributed by atoms with E-state index in [-0.39, 0.29) is 17.1 Å². The van der Waals surface area contributed by atoms with E-state index in [1.807, 2.05) is 0 Å². The van der Waals surface area contributed by atoms with Gasteiger partial charge in [-0.05, 0) is 13.8 Å². The molecule has 1 aromatic rings. The Morgan fingerprint density at radius 2 is 1.88 bits per heavy atom. The van der Waals surface area contributed by atoms with E-state index in [2.05, 4.69) is 0 Å². The number of aromatic hydroxyl groups is 1. The summed E-state index contributed by atoms with van der Waals surface area (Å²) in [6.07, 6.45) is 0. The topological polar surface area (TPSA) is 64.7 Å². The Hall–Kier alpha value is -1.49. The molecule has 0 bridgehead atoms. The minimum absolute atomic E-state index is 0.187. The molecule has 1 rings (SSSR count). The summed E-state index contributed by atoms with van der Waals surface area (Å²) in [6.45, 7) is 3.28. The summed E-state index contributed by atoms with van der Waals surface area (Å²) in [5, 5.41) is 9.67. The quantitative estimate of drug-likeness (QED) is 0.828. The van der Waals surface area contributed by atoms with E-state index < -0.39 is 17.1 Å². The summed E-state index contributed by atoms with van der Waals surface area (Å²) in [5.74, 6) is -0.850. The lowest BCUT2D eigenvalue weighted by Crippen LogP contribution is -2.29. The number of hydrogen-bond donors (Lipinski definition) is 2. The van der Waals surface area contributed by atoms with Crippen molar-refractivity contribution in [1.29, 1.82) is 0 Å². The monoisotopic (exact) mass is 229 g/mol. The summed E-state index contributed by atoms with van der Waals surface area (Å²) < 4.78 is 23.5. The van der Waals surface area contributed by atoms with Crippen molar-refractivity contribution in [3.63, 3.8) is 0 Å². The first kappa shape index (κ1) is 12.6. The summed E-state index contributed by atoms with van der Waals surface area (Å²) >= 11 is 0. The summed E-state index contributed by atoms with van der Waals surface area (Å²) in [6, 6.07) is 1.06. The molecule has 0 aliphatic heterocycles. The maximum atomic E-state index is 13.4. The first-order chi connectivity index (χ1) is 7.32. The number of nitrogens with two attached hydrogens (primary N) is 1. The van der Waals surface area contributed by atoms with E-state index in [0.717, 1.165) is 6.07 Å². The standard InChI is InChI=1S/C11H16FNO3/c1-11(2,13)8-9(14)6(12)5-7(15-3)10(8)16-4/h5,14H,13H2,1-4H3. The van der Waals surface area contributed by atoms with Crippen LogP contribution in [0.2, 0.25) is 0 Å². The number of halogens is 1. The number of benzene rings is 1. The van der Waals surface area contributed by atoms with E-state index in [9.17, 15) is 9.50 Å². The zero-order valence-electron chi connectivity index (χ0n) is 9.80. The van der Waals surface area contributed by atoms with Gasteiger partial charge in [0.05, 0.1) is 19.8 Å². The number of hydrogen-bond acceptors (Lipinski definition) is 4. The molecule has 0 aromatic heterocycles. The zero-order valence-corrected chi connectivity index (χ0v) is 9.80. The third-order valence-electron chi connectivity index (χ3n) is 2.24. The summed E-state index contributed by atoms with van der Waals surface area (Å²) in [4.78, 5) is 0. The smallest absolute Gasteiger partial charge is 0.169 e. The molecule has 5 heteroatoms. The van der Waals surface area contributed by atoms with Crippen LogP contribution in [0.25, 0.3) is 0 Å². The van der Waals surface area contributed by atoms with Crippen molar-refractivity contribution >= 4 is 0 Å². The van der Waals surface area contributed by atoms with Crippen molar-refractivity contribution in [2.75, 3.05) is 14.2 Å². The van der Waals surface area contributed by atoms with Crippen LogP contribution in [0.1, 0.15) is 19.4 Å². The lowest BCUT2D eigenvalue weighted by Gasteiger charge is -2.24. The maximum absolute atomic E-state index is 13.4. The van der Waals surface area contributed by atoms with Crippen molar-refractivity contribution in [3.05, 3.63) is 17.4 Å². The van der Waals surface area contributed by atoms with Crippen LogP contribution in [-0.2, 0) is 5.54 Å². The number of phenols is 1. The van der Waals surface area contributed by atoms with E-state index in [4.69, 9.17) is 15.2 Å². The van der Waals surface area contributed by atoms with Crippen LogP contribution in [0, 0.1) is 5.82 Å². The number of rotatable bonds is 3. The van der Waals surface area contributed by atoms with Gasteiger partial charge in [0.25, 0.3) is 0 Å². The van der Waals surface area contributed by atoms with E-state index >= 15 is 0 Å². The second-order valence-corrected chi connectivity index (χ2v) is 4.04. The normalized spacial score (nSPS) is 11.4. The summed E-state index contributed by atoms with van der Waals surface area (Å²) in [7, 11) is 2.80. The Balaban J connectivity index is 3.60. The molecule has 3 N–H and O–H groups in total. The molecule has 1 aromatic carbocycles. The van der Waals surface area contributed by atoms with Crippen molar-refractivity contribution in [2.24, 2.45) is 5.73 Å². The van der Waals surface area contributed by atoms with Gasteiger partial charge in [0.2, 0.25) is 0 Å². The van der Waals surface area contributed by atoms with Crippen molar-refractivity contribution in [3.8, 4) is 17.2 Å². The number of ether oxygens (including phenoxy) is 2. The van der Waals surface area contributed by atoms with Crippen molar-refractivity contribution in [1.82, 2.24) is 0 Å². The molecule has 0 saturated heterocycles. The maximum Gasteiger partial charge on any atom is 0.169 e. The molecule has 0 unspecified atom stereocenters. The van der Waals surface area contributed by atoms with Gasteiger partial charge in [0.1, 0.15) is 0 Å². The van der Waals surface area contributed by atoms with Crippen molar-refractivity contribution in [2.45, 2.75) is 19.4 Å². The van der Waals surface area contributed by atoms with Crippen LogP contribution in [0.5, 0.6) is 17.2 Å². The minimum atomic E-state index is -0.940. The van der Waals surface area contributed by atoms with Gasteiger partial charge < -0.3 is 20.3 Å². The van der Waals surface area contributed by atoms with Crippen LogP contribution in [0.15, 0.2) is 6.07 Å². The molecule has 0 saturated carbocycles. The van der Waals surface area contributed by atoms with Crippen LogP contribution < -0.4 is 15.2 Å². The van der Waals surface area contributed by atoms with Crippen LogP contribution in [0.3, 0.4) is 0 Å². The predicted molar refractivity (Wildman–Crippen MR) is 58.4 cm³/mol. The van der Waals surface area contributed by atoms with Gasteiger partial charge in [0.15, 0.2) is 23.1 Å². The van der Waals surface area contributed by atoms with Gasteiger partial charge in [-0.1, -0.05) is 0 Å². The second-order valence-electron chi connectivity index (χ2n) is 4.04. The van der Waals surface area contributed by atoms with Gasteiger partial charge in [-0.15, -0.1) is 0 Å². The average Bonchev–Trinajstić information content (AvgIpc) is 2.19. The van der Waals surface area contributed by atoms with E-state index in [1.165, 1.54) is 14.2 Å². The SMILES string of the molecule is COc1cc(F)c(O)c(C(C)(C)N)c1OC. The predicted octanol–water partition coefficient (Wildman–Crippen LogP) is 1.74. The highest BCUT2D eigenvalue weighted by atomic mass is 19.1. The Kier molecular flexibility index (Phi) is 3.28. The Bertz CT molecular complexity index is 399. The summed E-state index contributed by atoms with van der Waals surface area (Å²) in [5.41, 5.74) is 5.11. The van der Waals surface area contributed by atoms with Crippen LogP contribution in [0.4, 0.5) is 4.39 Å². The fourth-order valence-electron chi connectivity index (χ4n) is 1.55. The Morgan fingerprint density at radius 3 is 2.25 bits per heavy atom. The molecule has 16 heavy (non-hydrogen) atoms. The van der Waals surface area contributed by atoms with Crippen LogP contribution in [-0.4, -0.2) is 19.3 Å². The lowest BCUT2D eigenvalue weighted by molar-refractivity contribution is 0.327. The fraction of sp³-hybridized carbons (Fsp3) is 0.455. The second kappa shape index (κ2) is 4.17. The Labute approximate surface area is 93.8 Å². The highest BCUT2D eigenvalue weighted by molar-refractivity contribution is 5.56. The highest BCUT2D eigenvalue weighted by Crippen LogP contribution is 2.43. The van der Waals surface area contributed by atoms with Gasteiger partial charge in [0, 0.05) is 11.6 Å². The molecule has 0 radical (unpaired) electrons. The lowest BCUT2D eigenvalue weighted by atomic mass is 9.93. The first-order valence-corrected chi connectivity index (χ1v) is 4.75. The average molecular weight is 229 g/mol. The third kappa shape index (κ3) is 2.04. The molecular formula is C11H16FNO3. The number of phenolic OH excluding ortho intramolecular Hbond substituents is 1. The van der Waals surface area contributed by atoms with Gasteiger partial charge in [-0.2, -0.15) is 0 Å².